The van der Waals surface area contributed by atoms with Crippen LogP contribution in [-0.4, -0.2) is 6.04 Å². The molecule has 0 aliphatic heterocycles. The third-order valence-electron chi connectivity index (χ3n) is 4.03. The standard InChI is InChI=1S/C20H21N/c1-3-16-8-4-6-10-19(16)21-20-11-7-5-9-18(20)17-13-12-15(2)14-17/h3-12,14,19,21H,13H2,1-2H3. The third kappa shape index (κ3) is 2.92. The Labute approximate surface area is 127 Å². The van der Waals surface area contributed by atoms with Crippen molar-refractivity contribution in [1.29, 1.82) is 0 Å². The fraction of sp³-hybridized carbons (Fsp3) is 0.200. The summed E-state index contributed by atoms with van der Waals surface area (Å²) in [5.41, 5.74) is 6.57. The van der Waals surface area contributed by atoms with E-state index in [2.05, 4.69) is 86.0 Å². The lowest BCUT2D eigenvalue weighted by Gasteiger charge is -2.22. The molecule has 0 amide bonds. The zero-order chi connectivity index (χ0) is 14.7. The van der Waals surface area contributed by atoms with Crippen molar-refractivity contribution >= 4 is 11.3 Å². The molecule has 1 atom stereocenters. The summed E-state index contributed by atoms with van der Waals surface area (Å²) in [4.78, 5) is 0. The average molecular weight is 275 g/mol. The second-order valence-corrected chi connectivity index (χ2v) is 5.52. The van der Waals surface area contributed by atoms with E-state index in [9.17, 15) is 0 Å². The van der Waals surface area contributed by atoms with Crippen molar-refractivity contribution in [1.82, 2.24) is 0 Å². The minimum Gasteiger partial charge on any atom is -0.374 e. The van der Waals surface area contributed by atoms with E-state index in [1.165, 1.54) is 28.0 Å². The maximum atomic E-state index is 3.67. The summed E-state index contributed by atoms with van der Waals surface area (Å²) >= 11 is 0. The Kier molecular flexibility index (Phi) is 3.92. The first-order valence-corrected chi connectivity index (χ1v) is 7.52. The molecule has 2 aliphatic rings. The zero-order valence-corrected chi connectivity index (χ0v) is 12.6. The number of rotatable bonds is 3. The highest BCUT2D eigenvalue weighted by molar-refractivity contribution is 5.81. The van der Waals surface area contributed by atoms with E-state index in [0.29, 0.717) is 0 Å². The van der Waals surface area contributed by atoms with Crippen LogP contribution in [0.15, 0.2) is 77.9 Å². The number of benzene rings is 1. The largest absolute Gasteiger partial charge is 0.374 e. The Morgan fingerprint density at radius 3 is 2.81 bits per heavy atom. The summed E-state index contributed by atoms with van der Waals surface area (Å²) in [7, 11) is 0. The molecule has 1 aromatic rings. The van der Waals surface area contributed by atoms with Gasteiger partial charge < -0.3 is 5.32 Å². The monoisotopic (exact) mass is 275 g/mol. The summed E-state index contributed by atoms with van der Waals surface area (Å²) in [6.07, 6.45) is 16.3. The van der Waals surface area contributed by atoms with Crippen LogP contribution in [-0.2, 0) is 0 Å². The summed E-state index contributed by atoms with van der Waals surface area (Å²) in [5.74, 6) is 0. The molecule has 0 heterocycles. The van der Waals surface area contributed by atoms with Crippen LogP contribution in [0.1, 0.15) is 25.8 Å². The van der Waals surface area contributed by atoms with Crippen LogP contribution in [0, 0.1) is 0 Å². The van der Waals surface area contributed by atoms with Gasteiger partial charge in [0.15, 0.2) is 0 Å². The molecule has 0 saturated carbocycles. The van der Waals surface area contributed by atoms with E-state index in [-0.39, 0.29) is 6.04 Å². The number of para-hydroxylation sites is 1. The summed E-state index contributed by atoms with van der Waals surface area (Å²) in [5, 5.41) is 3.67. The molecule has 2 aliphatic carbocycles. The third-order valence-corrected chi connectivity index (χ3v) is 4.03. The van der Waals surface area contributed by atoms with Gasteiger partial charge in [0.1, 0.15) is 0 Å². The average Bonchev–Trinajstić information content (AvgIpc) is 2.95. The second-order valence-electron chi connectivity index (χ2n) is 5.52. The van der Waals surface area contributed by atoms with Crippen LogP contribution in [0.5, 0.6) is 0 Å². The summed E-state index contributed by atoms with van der Waals surface area (Å²) in [6, 6.07) is 8.83. The smallest absolute Gasteiger partial charge is 0.0698 e. The molecule has 106 valence electrons. The minimum absolute atomic E-state index is 0.247. The molecule has 1 N–H and O–H groups in total. The number of anilines is 1. The van der Waals surface area contributed by atoms with Gasteiger partial charge in [0.2, 0.25) is 0 Å². The highest BCUT2D eigenvalue weighted by Gasteiger charge is 2.15. The first kappa shape index (κ1) is 13.7. The van der Waals surface area contributed by atoms with Crippen LogP contribution >= 0.6 is 0 Å². The van der Waals surface area contributed by atoms with Gasteiger partial charge in [-0.2, -0.15) is 0 Å². The molecule has 0 spiro atoms. The first-order valence-electron chi connectivity index (χ1n) is 7.52. The maximum Gasteiger partial charge on any atom is 0.0698 e. The van der Waals surface area contributed by atoms with E-state index in [1.807, 2.05) is 0 Å². The van der Waals surface area contributed by atoms with Crippen molar-refractivity contribution in [2.24, 2.45) is 0 Å². The van der Waals surface area contributed by atoms with E-state index in [0.717, 1.165) is 6.42 Å². The van der Waals surface area contributed by atoms with Crippen LogP contribution < -0.4 is 5.32 Å². The van der Waals surface area contributed by atoms with Gasteiger partial charge in [0.05, 0.1) is 6.04 Å². The predicted molar refractivity (Wildman–Crippen MR) is 92.2 cm³/mol. The maximum absolute atomic E-state index is 3.67. The molecule has 0 bridgehead atoms. The first-order chi connectivity index (χ1) is 10.3. The molecular formula is C20H21N. The van der Waals surface area contributed by atoms with E-state index >= 15 is 0 Å². The molecule has 0 radical (unpaired) electrons. The Morgan fingerprint density at radius 2 is 2.05 bits per heavy atom. The van der Waals surface area contributed by atoms with Crippen molar-refractivity contribution in [3.63, 3.8) is 0 Å². The number of nitrogens with one attached hydrogen (secondary N) is 1. The Morgan fingerprint density at radius 1 is 1.19 bits per heavy atom. The molecule has 1 heteroatoms. The van der Waals surface area contributed by atoms with Gasteiger partial charge in [0, 0.05) is 11.3 Å². The zero-order valence-electron chi connectivity index (χ0n) is 12.6. The van der Waals surface area contributed by atoms with Gasteiger partial charge in [-0.25, -0.2) is 0 Å². The number of hydrogen-bond donors (Lipinski definition) is 1. The molecular weight excluding hydrogens is 254 g/mol. The second kappa shape index (κ2) is 6.01. The fourth-order valence-corrected chi connectivity index (χ4v) is 2.87. The highest BCUT2D eigenvalue weighted by Crippen LogP contribution is 2.32. The van der Waals surface area contributed by atoms with Gasteiger partial charge in [-0.15, -0.1) is 0 Å². The van der Waals surface area contributed by atoms with E-state index in [1.54, 1.807) is 0 Å². The molecule has 0 saturated heterocycles. The van der Waals surface area contributed by atoms with Crippen molar-refractivity contribution in [3.8, 4) is 0 Å². The molecule has 21 heavy (non-hydrogen) atoms. The summed E-state index contributed by atoms with van der Waals surface area (Å²) in [6.45, 7) is 4.25. The van der Waals surface area contributed by atoms with Gasteiger partial charge in [-0.1, -0.05) is 66.3 Å². The molecule has 3 rings (SSSR count). The Hall–Kier alpha value is -2.28. The molecule has 1 nitrogen and oxygen atoms in total. The quantitative estimate of drug-likeness (QED) is 0.792. The topological polar surface area (TPSA) is 12.0 Å². The summed E-state index contributed by atoms with van der Waals surface area (Å²) < 4.78 is 0. The fourth-order valence-electron chi connectivity index (χ4n) is 2.87. The van der Waals surface area contributed by atoms with Gasteiger partial charge in [-0.05, 0) is 37.5 Å². The van der Waals surface area contributed by atoms with E-state index in [4.69, 9.17) is 0 Å². The van der Waals surface area contributed by atoms with Crippen molar-refractivity contribution in [2.45, 2.75) is 26.3 Å². The Bertz CT molecular complexity index is 684. The van der Waals surface area contributed by atoms with E-state index < -0.39 is 0 Å². The molecule has 1 unspecified atom stereocenters. The Balaban J connectivity index is 1.88. The minimum atomic E-state index is 0.247. The van der Waals surface area contributed by atoms with Crippen LogP contribution in [0.25, 0.3) is 5.57 Å². The van der Waals surface area contributed by atoms with Crippen LogP contribution in [0.4, 0.5) is 5.69 Å². The van der Waals surface area contributed by atoms with Crippen molar-refractivity contribution < 1.29 is 0 Å². The van der Waals surface area contributed by atoms with Crippen molar-refractivity contribution in [2.75, 3.05) is 5.32 Å². The van der Waals surface area contributed by atoms with Gasteiger partial charge in [-0.3, -0.25) is 0 Å². The van der Waals surface area contributed by atoms with Gasteiger partial charge in [0.25, 0.3) is 0 Å². The number of hydrogen-bond acceptors (Lipinski definition) is 1. The van der Waals surface area contributed by atoms with Crippen LogP contribution in [0.2, 0.25) is 0 Å². The molecule has 0 fully saturated rings. The SMILES string of the molecule is CC=C1C=CC=CC1Nc1ccccc1C1=CC(C)=CC1. The molecule has 0 aromatic heterocycles. The molecule has 1 aromatic carbocycles. The lowest BCUT2D eigenvalue weighted by Crippen LogP contribution is -2.20. The van der Waals surface area contributed by atoms with Gasteiger partial charge >= 0.3 is 0 Å². The number of allylic oxidation sites excluding steroid dienone is 7. The lowest BCUT2D eigenvalue weighted by molar-refractivity contribution is 1.04. The van der Waals surface area contributed by atoms with Crippen molar-refractivity contribution in [3.05, 3.63) is 83.5 Å². The predicted octanol–water partition coefficient (Wildman–Crippen LogP) is 5.27. The van der Waals surface area contributed by atoms with Crippen LogP contribution in [0.3, 0.4) is 0 Å². The highest BCUT2D eigenvalue weighted by atomic mass is 14.9. The lowest BCUT2D eigenvalue weighted by atomic mass is 9.98. The normalized spacial score (nSPS) is 22.4.